The molecule has 1 aromatic carbocycles. The second kappa shape index (κ2) is 5.31. The van der Waals surface area contributed by atoms with Crippen LogP contribution in [0.1, 0.15) is 38.1 Å². The molecule has 3 nitrogen and oxygen atoms in total. The van der Waals surface area contributed by atoms with E-state index in [9.17, 15) is 4.79 Å². The zero-order chi connectivity index (χ0) is 14.1. The fraction of sp³-hybridized carbons (Fsp3) is 0.500. The zero-order valence-corrected chi connectivity index (χ0v) is 13.1. The van der Waals surface area contributed by atoms with Gasteiger partial charge in [-0.15, -0.1) is 0 Å². The largest absolute Gasteiger partial charge is 0.478 e. The summed E-state index contributed by atoms with van der Waals surface area (Å²) in [5, 5.41) is 9.07. The highest BCUT2D eigenvalue weighted by Crippen LogP contribution is 2.29. The van der Waals surface area contributed by atoms with Crippen LogP contribution in [0.25, 0.3) is 0 Å². The first-order valence-corrected chi connectivity index (χ1v) is 6.69. The molecule has 0 bridgehead atoms. The molecular weight excluding hydrogens is 294 g/mol. The van der Waals surface area contributed by atoms with E-state index in [4.69, 9.17) is 5.11 Å². The summed E-state index contributed by atoms with van der Waals surface area (Å²) in [6, 6.07) is 5.55. The number of halogens is 1. The summed E-state index contributed by atoms with van der Waals surface area (Å²) in [6.45, 7) is 8.65. The van der Waals surface area contributed by atoms with Crippen molar-refractivity contribution in [3.8, 4) is 0 Å². The van der Waals surface area contributed by atoms with E-state index < -0.39 is 5.97 Å². The van der Waals surface area contributed by atoms with Gasteiger partial charge in [0, 0.05) is 23.2 Å². The maximum atomic E-state index is 11.1. The number of nitrogens with zero attached hydrogens (tertiary/aromatic N) is 1. The van der Waals surface area contributed by atoms with Crippen molar-refractivity contribution < 1.29 is 9.90 Å². The number of carboxylic acid groups (broad SMARTS) is 1. The molecule has 0 aromatic heterocycles. The number of hydrogen-bond donors (Lipinski definition) is 1. The quantitative estimate of drug-likeness (QED) is 0.916. The highest BCUT2D eigenvalue weighted by molar-refractivity contribution is 9.10. The van der Waals surface area contributed by atoms with Crippen LogP contribution in [0.2, 0.25) is 0 Å². The third-order valence-corrected chi connectivity index (χ3v) is 3.83. The Labute approximate surface area is 117 Å². The van der Waals surface area contributed by atoms with Crippen LogP contribution >= 0.6 is 15.9 Å². The topological polar surface area (TPSA) is 40.5 Å². The molecule has 4 heteroatoms. The van der Waals surface area contributed by atoms with Crippen LogP contribution in [-0.4, -0.2) is 24.2 Å². The maximum absolute atomic E-state index is 11.1. The first kappa shape index (κ1) is 15.0. The van der Waals surface area contributed by atoms with Crippen LogP contribution in [-0.2, 0) is 0 Å². The van der Waals surface area contributed by atoms with Crippen LogP contribution in [0.15, 0.2) is 22.7 Å². The van der Waals surface area contributed by atoms with Gasteiger partial charge < -0.3 is 10.0 Å². The highest BCUT2D eigenvalue weighted by atomic mass is 79.9. The Bertz CT molecular complexity index is 452. The summed E-state index contributed by atoms with van der Waals surface area (Å²) in [5.74, 6) is -0.908. The Kier molecular flexibility index (Phi) is 4.43. The summed E-state index contributed by atoms with van der Waals surface area (Å²) in [7, 11) is 1.99. The van der Waals surface area contributed by atoms with Crippen LogP contribution in [0.4, 0.5) is 5.69 Å². The number of anilines is 1. The van der Waals surface area contributed by atoms with E-state index in [1.54, 1.807) is 12.1 Å². The van der Waals surface area contributed by atoms with Crippen molar-refractivity contribution in [2.45, 2.75) is 33.7 Å². The van der Waals surface area contributed by atoms with E-state index in [1.807, 2.05) is 13.1 Å². The van der Waals surface area contributed by atoms with Gasteiger partial charge in [0.15, 0.2) is 0 Å². The minimum absolute atomic E-state index is 0.125. The molecular formula is C14H20BrNO2. The molecule has 1 rings (SSSR count). The zero-order valence-electron chi connectivity index (χ0n) is 11.5. The molecule has 0 aliphatic rings. The molecule has 0 saturated carbocycles. The predicted octanol–water partition coefficient (Wildman–Crippen LogP) is 4.02. The van der Waals surface area contributed by atoms with Crippen LogP contribution < -0.4 is 4.90 Å². The summed E-state index contributed by atoms with van der Waals surface area (Å²) in [4.78, 5) is 13.2. The van der Waals surface area contributed by atoms with E-state index in [0.717, 1.165) is 10.2 Å². The number of rotatable bonds is 3. The maximum Gasteiger partial charge on any atom is 0.335 e. The van der Waals surface area contributed by atoms with E-state index in [2.05, 4.69) is 48.5 Å². The summed E-state index contributed by atoms with van der Waals surface area (Å²) in [6.07, 6.45) is 0. The molecule has 0 heterocycles. The predicted molar refractivity (Wildman–Crippen MR) is 78.4 cm³/mol. The van der Waals surface area contributed by atoms with Crippen molar-refractivity contribution in [2.75, 3.05) is 11.9 Å². The standard InChI is InChI=1S/C14H20BrNO2/c1-9(14(2,3)4)16(5)12-7-10(13(17)18)6-11(15)8-12/h6-9H,1-5H3,(H,17,18). The molecule has 1 N–H and O–H groups in total. The number of carboxylic acids is 1. The average molecular weight is 314 g/mol. The lowest BCUT2D eigenvalue weighted by molar-refractivity contribution is 0.0697. The average Bonchev–Trinajstić information content (AvgIpc) is 2.24. The fourth-order valence-electron chi connectivity index (χ4n) is 1.71. The van der Waals surface area contributed by atoms with Gasteiger partial charge in [-0.1, -0.05) is 36.7 Å². The van der Waals surface area contributed by atoms with Crippen molar-refractivity contribution in [2.24, 2.45) is 5.41 Å². The Morgan fingerprint density at radius 2 is 1.89 bits per heavy atom. The molecule has 0 amide bonds. The van der Waals surface area contributed by atoms with Crippen molar-refractivity contribution in [1.29, 1.82) is 0 Å². The molecule has 100 valence electrons. The highest BCUT2D eigenvalue weighted by Gasteiger charge is 2.24. The van der Waals surface area contributed by atoms with E-state index >= 15 is 0 Å². The van der Waals surface area contributed by atoms with Gasteiger partial charge in [0.2, 0.25) is 0 Å². The molecule has 0 aliphatic carbocycles. The van der Waals surface area contributed by atoms with Crippen molar-refractivity contribution in [3.05, 3.63) is 28.2 Å². The van der Waals surface area contributed by atoms with Crippen LogP contribution in [0.3, 0.4) is 0 Å². The Hall–Kier alpha value is -1.03. The van der Waals surface area contributed by atoms with Gasteiger partial charge in [-0.3, -0.25) is 0 Å². The van der Waals surface area contributed by atoms with Gasteiger partial charge in [0.1, 0.15) is 0 Å². The van der Waals surface area contributed by atoms with Gasteiger partial charge in [0.05, 0.1) is 5.56 Å². The molecule has 1 atom stereocenters. The Morgan fingerprint density at radius 3 is 2.33 bits per heavy atom. The summed E-state index contributed by atoms with van der Waals surface area (Å²) < 4.78 is 0.783. The molecule has 18 heavy (non-hydrogen) atoms. The minimum atomic E-state index is -0.908. The third-order valence-electron chi connectivity index (χ3n) is 3.37. The Morgan fingerprint density at radius 1 is 1.33 bits per heavy atom. The van der Waals surface area contributed by atoms with Crippen molar-refractivity contribution in [3.63, 3.8) is 0 Å². The molecule has 0 fully saturated rings. The van der Waals surface area contributed by atoms with Crippen molar-refractivity contribution in [1.82, 2.24) is 0 Å². The van der Waals surface area contributed by atoms with E-state index in [-0.39, 0.29) is 5.41 Å². The molecule has 0 saturated heterocycles. The van der Waals surface area contributed by atoms with Gasteiger partial charge >= 0.3 is 5.97 Å². The monoisotopic (exact) mass is 313 g/mol. The molecule has 1 aromatic rings. The lowest BCUT2D eigenvalue weighted by Gasteiger charge is -2.37. The number of aromatic carboxylic acids is 1. The van der Waals surface area contributed by atoms with Crippen molar-refractivity contribution >= 4 is 27.6 Å². The second-order valence-electron chi connectivity index (χ2n) is 5.66. The van der Waals surface area contributed by atoms with Gasteiger partial charge in [-0.25, -0.2) is 4.79 Å². The first-order valence-electron chi connectivity index (χ1n) is 5.89. The van der Waals surface area contributed by atoms with Crippen LogP contribution in [0, 0.1) is 5.41 Å². The van der Waals surface area contributed by atoms with Gasteiger partial charge in [-0.05, 0) is 30.5 Å². The number of carbonyl (C=O) groups is 1. The minimum Gasteiger partial charge on any atom is -0.478 e. The van der Waals surface area contributed by atoms with Gasteiger partial charge in [0.25, 0.3) is 0 Å². The first-order chi connectivity index (χ1) is 8.12. The lowest BCUT2D eigenvalue weighted by Crippen LogP contribution is -2.39. The molecule has 0 spiro atoms. The smallest absolute Gasteiger partial charge is 0.335 e. The number of hydrogen-bond acceptors (Lipinski definition) is 2. The third kappa shape index (κ3) is 3.48. The molecule has 0 radical (unpaired) electrons. The lowest BCUT2D eigenvalue weighted by atomic mass is 9.87. The van der Waals surface area contributed by atoms with E-state index in [0.29, 0.717) is 11.6 Å². The Balaban J connectivity index is 3.13. The fourth-order valence-corrected chi connectivity index (χ4v) is 2.19. The SMILES string of the molecule is CC(N(C)c1cc(Br)cc(C(=O)O)c1)C(C)(C)C. The summed E-state index contributed by atoms with van der Waals surface area (Å²) >= 11 is 3.36. The number of benzene rings is 1. The normalized spacial score (nSPS) is 13.2. The molecule has 1 unspecified atom stereocenters. The second-order valence-corrected chi connectivity index (χ2v) is 6.57. The summed E-state index contributed by atoms with van der Waals surface area (Å²) in [5.41, 5.74) is 1.33. The van der Waals surface area contributed by atoms with Crippen LogP contribution in [0.5, 0.6) is 0 Å². The van der Waals surface area contributed by atoms with E-state index in [1.165, 1.54) is 0 Å². The van der Waals surface area contributed by atoms with Gasteiger partial charge in [-0.2, -0.15) is 0 Å². The molecule has 0 aliphatic heterocycles.